The fraction of sp³-hybridized carbons (Fsp3) is 0.381. The van der Waals surface area contributed by atoms with Crippen molar-refractivity contribution in [3.05, 3.63) is 63.1 Å². The van der Waals surface area contributed by atoms with E-state index in [0.29, 0.717) is 24.4 Å². The van der Waals surface area contributed by atoms with Crippen LogP contribution in [0.15, 0.2) is 35.1 Å². The average Bonchev–Trinajstić information content (AvgIpc) is 3.51. The van der Waals surface area contributed by atoms with Crippen molar-refractivity contribution in [2.24, 2.45) is 7.05 Å². The molecule has 144 valence electrons. The Morgan fingerprint density at radius 3 is 2.79 bits per heavy atom. The number of amides is 1. The third kappa shape index (κ3) is 2.87. The van der Waals surface area contributed by atoms with Gasteiger partial charge in [-0.2, -0.15) is 5.10 Å². The van der Waals surface area contributed by atoms with Crippen LogP contribution in [0.4, 0.5) is 4.79 Å². The second-order valence-electron chi connectivity index (χ2n) is 7.63. The number of ether oxygens (including phenoxy) is 1. The summed E-state index contributed by atoms with van der Waals surface area (Å²) in [7, 11) is 1.87. The summed E-state index contributed by atoms with van der Waals surface area (Å²) < 4.78 is 7.21. The third-order valence-corrected chi connectivity index (χ3v) is 5.65. The van der Waals surface area contributed by atoms with Crippen LogP contribution < -0.4 is 5.56 Å². The van der Waals surface area contributed by atoms with E-state index in [9.17, 15) is 9.59 Å². The van der Waals surface area contributed by atoms with Gasteiger partial charge in [-0.15, -0.1) is 0 Å². The van der Waals surface area contributed by atoms with E-state index in [1.165, 1.54) is 0 Å². The maximum absolute atomic E-state index is 12.7. The second kappa shape index (κ2) is 6.51. The number of carbonyl (C=O) groups excluding carboxylic acids is 1. The van der Waals surface area contributed by atoms with Gasteiger partial charge in [0.15, 0.2) is 0 Å². The zero-order valence-electron chi connectivity index (χ0n) is 15.8. The molecule has 0 unspecified atom stereocenters. The Morgan fingerprint density at radius 1 is 1.25 bits per heavy atom. The Bertz CT molecular complexity index is 1110. The predicted octanol–water partition coefficient (Wildman–Crippen LogP) is 2.83. The van der Waals surface area contributed by atoms with Crippen LogP contribution in [0.25, 0.3) is 11.0 Å². The minimum absolute atomic E-state index is 0.145. The molecule has 2 aliphatic rings. The summed E-state index contributed by atoms with van der Waals surface area (Å²) in [4.78, 5) is 29.8. The summed E-state index contributed by atoms with van der Waals surface area (Å²) >= 11 is 0. The van der Waals surface area contributed by atoms with Gasteiger partial charge in [-0.1, -0.05) is 30.3 Å². The van der Waals surface area contributed by atoms with Crippen LogP contribution in [0.2, 0.25) is 0 Å². The lowest BCUT2D eigenvalue weighted by atomic mass is 9.96. The Balaban J connectivity index is 1.42. The molecule has 1 fully saturated rings. The Labute approximate surface area is 161 Å². The minimum Gasteiger partial charge on any atom is -0.445 e. The molecule has 1 aliphatic heterocycles. The fourth-order valence-corrected chi connectivity index (χ4v) is 4.03. The number of aryl methyl sites for hydroxylation is 1. The van der Waals surface area contributed by atoms with Gasteiger partial charge in [-0.05, 0) is 30.4 Å². The molecule has 1 N–H and O–H groups in total. The first kappa shape index (κ1) is 17.0. The summed E-state index contributed by atoms with van der Waals surface area (Å²) in [6.45, 7) is 1.04. The molecule has 0 bridgehead atoms. The summed E-state index contributed by atoms with van der Waals surface area (Å²) in [6.07, 6.45) is 2.56. The molecule has 0 radical (unpaired) electrons. The number of aromatic nitrogens is 3. The zero-order chi connectivity index (χ0) is 19.3. The van der Waals surface area contributed by atoms with E-state index in [0.717, 1.165) is 40.7 Å². The lowest BCUT2D eigenvalue weighted by Gasteiger charge is -2.28. The molecule has 1 aromatic carbocycles. The van der Waals surface area contributed by atoms with Crippen LogP contribution in [0.3, 0.4) is 0 Å². The number of nitrogens with one attached hydrogen (secondary N) is 1. The summed E-state index contributed by atoms with van der Waals surface area (Å²) in [5.74, 6) is 0.493. The number of aromatic amines is 1. The van der Waals surface area contributed by atoms with Crippen molar-refractivity contribution >= 4 is 17.1 Å². The highest BCUT2D eigenvalue weighted by molar-refractivity contribution is 5.85. The van der Waals surface area contributed by atoms with Gasteiger partial charge in [0.1, 0.15) is 12.3 Å². The molecule has 7 nitrogen and oxygen atoms in total. The number of hydrogen-bond acceptors (Lipinski definition) is 4. The lowest BCUT2D eigenvalue weighted by molar-refractivity contribution is 0.0917. The monoisotopic (exact) mass is 378 g/mol. The molecule has 7 heteroatoms. The average molecular weight is 378 g/mol. The molecule has 0 saturated heterocycles. The van der Waals surface area contributed by atoms with Crippen LogP contribution >= 0.6 is 0 Å². The van der Waals surface area contributed by atoms with Gasteiger partial charge in [0.2, 0.25) is 0 Å². The van der Waals surface area contributed by atoms with Crippen molar-refractivity contribution in [3.8, 4) is 0 Å². The van der Waals surface area contributed by atoms with Gasteiger partial charge < -0.3 is 14.6 Å². The van der Waals surface area contributed by atoms with Crippen LogP contribution in [-0.4, -0.2) is 32.3 Å². The molecule has 1 saturated carbocycles. The first-order valence-corrected chi connectivity index (χ1v) is 9.68. The molecule has 1 aliphatic carbocycles. The van der Waals surface area contributed by atoms with Crippen molar-refractivity contribution < 1.29 is 9.53 Å². The summed E-state index contributed by atoms with van der Waals surface area (Å²) in [5, 5.41) is 5.74. The number of H-pyrrole nitrogens is 1. The largest absolute Gasteiger partial charge is 0.445 e. The van der Waals surface area contributed by atoms with Gasteiger partial charge in [0.05, 0.1) is 12.2 Å². The van der Waals surface area contributed by atoms with Crippen molar-refractivity contribution in [2.45, 2.75) is 38.3 Å². The van der Waals surface area contributed by atoms with Crippen LogP contribution in [0, 0.1) is 0 Å². The fourth-order valence-electron chi connectivity index (χ4n) is 4.03. The number of benzene rings is 1. The van der Waals surface area contributed by atoms with Gasteiger partial charge in [-0.25, -0.2) is 4.79 Å². The topological polar surface area (TPSA) is 80.2 Å². The van der Waals surface area contributed by atoms with Crippen LogP contribution in [-0.2, 0) is 31.4 Å². The highest BCUT2D eigenvalue weighted by atomic mass is 16.6. The van der Waals surface area contributed by atoms with Crippen LogP contribution in [0.1, 0.15) is 41.1 Å². The number of hydrogen-bond donors (Lipinski definition) is 1. The highest BCUT2D eigenvalue weighted by Gasteiger charge is 2.33. The van der Waals surface area contributed by atoms with E-state index in [4.69, 9.17) is 4.74 Å². The number of fused-ring (bicyclic) bond motifs is 3. The number of carbonyl (C=O) groups is 1. The SMILES string of the molecule is Cn1nc(C2CC2)c2c3c(c(=O)[nH]c21)CN(C(=O)OCc1ccccc1)CC3. The van der Waals surface area contributed by atoms with Crippen molar-refractivity contribution in [3.63, 3.8) is 0 Å². The van der Waals surface area contributed by atoms with E-state index < -0.39 is 0 Å². The molecule has 0 atom stereocenters. The molecule has 5 rings (SSSR count). The molecule has 3 aromatic rings. The quantitative estimate of drug-likeness (QED) is 0.760. The number of rotatable bonds is 3. The molecule has 2 aromatic heterocycles. The van der Waals surface area contributed by atoms with Gasteiger partial charge in [-0.3, -0.25) is 9.48 Å². The van der Waals surface area contributed by atoms with Crippen molar-refractivity contribution in [1.29, 1.82) is 0 Å². The normalized spacial score (nSPS) is 16.2. The molecule has 0 spiro atoms. The Morgan fingerprint density at radius 2 is 2.04 bits per heavy atom. The minimum atomic E-state index is -0.386. The smallest absolute Gasteiger partial charge is 0.410 e. The summed E-state index contributed by atoms with van der Waals surface area (Å²) in [6, 6.07) is 9.59. The maximum Gasteiger partial charge on any atom is 0.410 e. The van der Waals surface area contributed by atoms with E-state index in [-0.39, 0.29) is 24.8 Å². The zero-order valence-corrected chi connectivity index (χ0v) is 15.8. The second-order valence-corrected chi connectivity index (χ2v) is 7.63. The predicted molar refractivity (Wildman–Crippen MR) is 104 cm³/mol. The van der Waals surface area contributed by atoms with Gasteiger partial charge in [0, 0.05) is 30.5 Å². The third-order valence-electron chi connectivity index (χ3n) is 5.65. The van der Waals surface area contributed by atoms with Gasteiger partial charge in [0.25, 0.3) is 5.56 Å². The van der Waals surface area contributed by atoms with Crippen molar-refractivity contribution in [1.82, 2.24) is 19.7 Å². The number of nitrogens with zero attached hydrogens (tertiary/aromatic N) is 3. The Kier molecular flexibility index (Phi) is 3.96. The van der Waals surface area contributed by atoms with Crippen molar-refractivity contribution in [2.75, 3.05) is 6.54 Å². The first-order valence-electron chi connectivity index (χ1n) is 9.68. The number of pyridine rings is 1. The Hall–Kier alpha value is -3.09. The van der Waals surface area contributed by atoms with E-state index in [1.807, 2.05) is 37.4 Å². The van der Waals surface area contributed by atoms with Gasteiger partial charge >= 0.3 is 6.09 Å². The standard InChI is InChI=1S/C21H22N4O3/c1-24-19-17(18(23-24)14-7-8-14)15-9-10-25(11-16(15)20(26)22-19)21(27)28-12-13-5-3-2-4-6-13/h2-6,14H,7-12H2,1H3,(H,22,26). The molecule has 28 heavy (non-hydrogen) atoms. The maximum atomic E-state index is 12.7. The molecular formula is C21H22N4O3. The first-order chi connectivity index (χ1) is 13.6. The lowest BCUT2D eigenvalue weighted by Crippen LogP contribution is -2.39. The summed E-state index contributed by atoms with van der Waals surface area (Å²) in [5.41, 5.74) is 4.37. The molecule has 3 heterocycles. The highest BCUT2D eigenvalue weighted by Crippen LogP contribution is 2.43. The van der Waals surface area contributed by atoms with E-state index in [2.05, 4.69) is 10.1 Å². The van der Waals surface area contributed by atoms with E-state index in [1.54, 1.807) is 9.58 Å². The molecular weight excluding hydrogens is 356 g/mol. The van der Waals surface area contributed by atoms with Crippen LogP contribution in [0.5, 0.6) is 0 Å². The molecule has 1 amide bonds. The van der Waals surface area contributed by atoms with E-state index >= 15 is 0 Å².